The summed E-state index contributed by atoms with van der Waals surface area (Å²) in [7, 11) is 0. The topological polar surface area (TPSA) is 140 Å². The second-order valence-corrected chi connectivity index (χ2v) is 8.24. The monoisotopic (exact) mass is 467 g/mol. The number of benzene rings is 1. The molecule has 1 aromatic carbocycles. The summed E-state index contributed by atoms with van der Waals surface area (Å²) in [5, 5.41) is 3.10. The van der Waals surface area contributed by atoms with Gasteiger partial charge in [0.05, 0.1) is 12.9 Å². The Morgan fingerprint density at radius 1 is 1.09 bits per heavy atom. The minimum atomic E-state index is -1.14. The average Bonchev–Trinajstić information content (AvgIpc) is 3.35. The number of hydrogen-bond donors (Lipinski definition) is 2. The van der Waals surface area contributed by atoms with E-state index in [1.54, 1.807) is 18.4 Å². The Morgan fingerprint density at radius 3 is 2.41 bits per heavy atom. The SMILES string of the molecule is CCn1cnc2c1c(=O)n(CC(=O)NN1C(=O)NC(C)(CC)C1=O)c(=O)n2Cc1ccccc1. The van der Waals surface area contributed by atoms with Crippen molar-refractivity contribution in [3.05, 3.63) is 63.1 Å². The lowest BCUT2D eigenvalue weighted by atomic mass is 10.00. The van der Waals surface area contributed by atoms with Crippen molar-refractivity contribution in [2.75, 3.05) is 0 Å². The third-order valence-electron chi connectivity index (χ3n) is 6.01. The zero-order valence-corrected chi connectivity index (χ0v) is 19.1. The Hall–Kier alpha value is -4.22. The molecule has 4 amide bonds. The van der Waals surface area contributed by atoms with E-state index in [9.17, 15) is 24.0 Å². The van der Waals surface area contributed by atoms with E-state index in [1.807, 2.05) is 37.3 Å². The molecule has 1 aliphatic rings. The molecule has 34 heavy (non-hydrogen) atoms. The second-order valence-electron chi connectivity index (χ2n) is 8.24. The van der Waals surface area contributed by atoms with Gasteiger partial charge in [-0.2, -0.15) is 5.01 Å². The van der Waals surface area contributed by atoms with Gasteiger partial charge >= 0.3 is 11.7 Å². The number of aromatic nitrogens is 4. The fourth-order valence-corrected chi connectivity index (χ4v) is 3.86. The molecule has 1 aliphatic heterocycles. The summed E-state index contributed by atoms with van der Waals surface area (Å²) in [6.45, 7) is 4.99. The van der Waals surface area contributed by atoms with E-state index >= 15 is 0 Å². The summed E-state index contributed by atoms with van der Waals surface area (Å²) >= 11 is 0. The number of hydrazine groups is 1. The van der Waals surface area contributed by atoms with Crippen molar-refractivity contribution in [3.63, 3.8) is 0 Å². The minimum absolute atomic E-state index is 0.140. The smallest absolute Gasteiger partial charge is 0.325 e. The molecule has 1 fully saturated rings. The number of nitrogens with zero attached hydrogens (tertiary/aromatic N) is 5. The molecule has 0 radical (unpaired) electrons. The van der Waals surface area contributed by atoms with Gasteiger partial charge in [-0.1, -0.05) is 37.3 Å². The number of hydrogen-bond acceptors (Lipinski definition) is 6. The van der Waals surface area contributed by atoms with Crippen LogP contribution in [0.3, 0.4) is 0 Å². The molecule has 3 heterocycles. The molecule has 0 aliphatic carbocycles. The van der Waals surface area contributed by atoms with E-state index in [0.29, 0.717) is 18.0 Å². The first-order chi connectivity index (χ1) is 16.2. The molecular formula is C22H25N7O5. The first-order valence-corrected chi connectivity index (χ1v) is 10.9. The minimum Gasteiger partial charge on any atom is -0.325 e. The molecular weight excluding hydrogens is 442 g/mol. The van der Waals surface area contributed by atoms with Gasteiger partial charge in [0.2, 0.25) is 0 Å². The second kappa shape index (κ2) is 8.61. The predicted molar refractivity (Wildman–Crippen MR) is 122 cm³/mol. The number of nitrogens with one attached hydrogen (secondary N) is 2. The van der Waals surface area contributed by atoms with Crippen molar-refractivity contribution in [1.82, 2.24) is 34.4 Å². The van der Waals surface area contributed by atoms with Crippen LogP contribution in [0.4, 0.5) is 4.79 Å². The van der Waals surface area contributed by atoms with Crippen LogP contribution in [-0.4, -0.2) is 47.1 Å². The van der Waals surface area contributed by atoms with Gasteiger partial charge in [-0.3, -0.25) is 24.4 Å². The summed E-state index contributed by atoms with van der Waals surface area (Å²) in [4.78, 5) is 68.2. The van der Waals surface area contributed by atoms with Crippen LogP contribution >= 0.6 is 0 Å². The van der Waals surface area contributed by atoms with E-state index < -0.39 is 41.2 Å². The Bertz CT molecular complexity index is 1400. The highest BCUT2D eigenvalue weighted by Gasteiger charge is 2.47. The molecule has 2 aromatic heterocycles. The lowest BCUT2D eigenvalue weighted by Gasteiger charge is -2.19. The molecule has 3 aromatic rings. The Balaban J connectivity index is 1.72. The third kappa shape index (κ3) is 3.76. The summed E-state index contributed by atoms with van der Waals surface area (Å²) in [5.74, 6) is -1.49. The maximum Gasteiger partial charge on any atom is 0.344 e. The standard InChI is InChI=1S/C22H25N7O5/c1-4-22(3)19(32)29(20(33)24-22)25-15(30)12-28-18(31)16-17(23-13-26(16)5-2)27(21(28)34)11-14-9-7-6-8-10-14/h6-10,13H,4-5,11-12H2,1-3H3,(H,24,33)(H,25,30). The highest BCUT2D eigenvalue weighted by Crippen LogP contribution is 2.19. The van der Waals surface area contributed by atoms with Crippen molar-refractivity contribution >= 4 is 29.0 Å². The Kier molecular flexibility index (Phi) is 5.82. The number of fused-ring (bicyclic) bond motifs is 1. The molecule has 0 saturated carbocycles. The van der Waals surface area contributed by atoms with Crippen molar-refractivity contribution < 1.29 is 14.4 Å². The number of urea groups is 1. The van der Waals surface area contributed by atoms with Crippen LogP contribution in [0.15, 0.2) is 46.2 Å². The quantitative estimate of drug-likeness (QED) is 0.475. The fraction of sp³-hybridized carbons (Fsp3) is 0.364. The van der Waals surface area contributed by atoms with Gasteiger partial charge in [-0.05, 0) is 25.8 Å². The third-order valence-corrected chi connectivity index (χ3v) is 6.01. The van der Waals surface area contributed by atoms with Gasteiger partial charge in [0.25, 0.3) is 17.4 Å². The molecule has 1 unspecified atom stereocenters. The molecule has 1 saturated heterocycles. The summed E-state index contributed by atoms with van der Waals surface area (Å²) in [6, 6.07) is 8.38. The summed E-state index contributed by atoms with van der Waals surface area (Å²) in [5.41, 5.74) is 0.859. The molecule has 0 spiro atoms. The summed E-state index contributed by atoms with van der Waals surface area (Å²) in [6.07, 6.45) is 1.79. The van der Waals surface area contributed by atoms with Gasteiger partial charge in [-0.15, -0.1) is 0 Å². The first kappa shape index (κ1) is 23.0. The number of imide groups is 1. The largest absolute Gasteiger partial charge is 0.344 e. The molecule has 12 nitrogen and oxygen atoms in total. The van der Waals surface area contributed by atoms with Crippen LogP contribution in [0, 0.1) is 0 Å². The van der Waals surface area contributed by atoms with Crippen molar-refractivity contribution in [2.24, 2.45) is 0 Å². The van der Waals surface area contributed by atoms with Gasteiger partial charge in [-0.25, -0.2) is 19.1 Å². The van der Waals surface area contributed by atoms with Crippen LogP contribution in [0.2, 0.25) is 0 Å². The Morgan fingerprint density at radius 2 is 1.79 bits per heavy atom. The number of amides is 4. The molecule has 12 heteroatoms. The molecule has 4 rings (SSSR count). The van der Waals surface area contributed by atoms with E-state index in [-0.39, 0.29) is 17.7 Å². The van der Waals surface area contributed by atoms with Gasteiger partial charge in [0.15, 0.2) is 11.2 Å². The number of rotatable bonds is 7. The van der Waals surface area contributed by atoms with E-state index in [4.69, 9.17) is 0 Å². The predicted octanol–water partition coefficient (Wildman–Crippen LogP) is 0.180. The van der Waals surface area contributed by atoms with Crippen molar-refractivity contribution in [1.29, 1.82) is 0 Å². The number of imidazole rings is 1. The van der Waals surface area contributed by atoms with Crippen LogP contribution < -0.4 is 22.0 Å². The van der Waals surface area contributed by atoms with Gasteiger partial charge in [0, 0.05) is 6.54 Å². The highest BCUT2D eigenvalue weighted by molar-refractivity contribution is 6.07. The normalized spacial score (nSPS) is 17.9. The maximum atomic E-state index is 13.3. The first-order valence-electron chi connectivity index (χ1n) is 10.9. The summed E-state index contributed by atoms with van der Waals surface area (Å²) < 4.78 is 3.70. The lowest BCUT2D eigenvalue weighted by molar-refractivity contribution is -0.139. The van der Waals surface area contributed by atoms with Gasteiger partial charge in [0.1, 0.15) is 12.1 Å². The number of carbonyl (C=O) groups excluding carboxylic acids is 3. The van der Waals surface area contributed by atoms with Crippen LogP contribution in [-0.2, 0) is 29.2 Å². The van der Waals surface area contributed by atoms with Gasteiger partial charge < -0.3 is 9.88 Å². The van der Waals surface area contributed by atoms with Crippen LogP contribution in [0.5, 0.6) is 0 Å². The Labute approximate surface area is 193 Å². The molecule has 1 atom stereocenters. The van der Waals surface area contributed by atoms with E-state index in [0.717, 1.165) is 10.1 Å². The molecule has 0 bridgehead atoms. The molecule has 178 valence electrons. The zero-order chi connectivity index (χ0) is 24.6. The highest BCUT2D eigenvalue weighted by atomic mass is 16.2. The number of aryl methyl sites for hydroxylation is 1. The average molecular weight is 467 g/mol. The fourth-order valence-electron chi connectivity index (χ4n) is 3.86. The van der Waals surface area contributed by atoms with E-state index in [1.165, 1.54) is 10.9 Å². The lowest BCUT2D eigenvalue weighted by Crippen LogP contribution is -2.51. The number of carbonyl (C=O) groups is 3. The van der Waals surface area contributed by atoms with E-state index in [2.05, 4.69) is 15.7 Å². The van der Waals surface area contributed by atoms with Crippen molar-refractivity contribution in [2.45, 2.75) is 52.4 Å². The van der Waals surface area contributed by atoms with Crippen LogP contribution in [0.25, 0.3) is 11.2 Å². The molecule has 2 N–H and O–H groups in total. The zero-order valence-electron chi connectivity index (χ0n) is 19.1. The van der Waals surface area contributed by atoms with Crippen molar-refractivity contribution in [3.8, 4) is 0 Å². The maximum absolute atomic E-state index is 13.3. The van der Waals surface area contributed by atoms with Crippen LogP contribution in [0.1, 0.15) is 32.8 Å².